The molecule has 180 valence electrons. The van der Waals surface area contributed by atoms with Gasteiger partial charge in [-0.3, -0.25) is 14.4 Å². The second-order valence-corrected chi connectivity index (χ2v) is 8.23. The van der Waals surface area contributed by atoms with Crippen LogP contribution in [0, 0.1) is 0 Å². The molecule has 9 nitrogen and oxygen atoms in total. The fraction of sp³-hybridized carbons (Fsp3) is 0.348. The second kappa shape index (κ2) is 10.4. The van der Waals surface area contributed by atoms with Crippen molar-refractivity contribution in [3.8, 4) is 17.2 Å². The zero-order valence-corrected chi connectivity index (χ0v) is 19.8. The third-order valence-electron chi connectivity index (χ3n) is 5.52. The topological polar surface area (TPSA) is 97.4 Å². The zero-order valence-electron chi connectivity index (χ0n) is 18.3. The van der Waals surface area contributed by atoms with Gasteiger partial charge in [0.05, 0.1) is 24.5 Å². The van der Waals surface area contributed by atoms with E-state index in [1.165, 1.54) is 4.90 Å². The Bertz CT molecular complexity index is 1100. The van der Waals surface area contributed by atoms with Crippen molar-refractivity contribution in [1.29, 1.82) is 0 Å². The number of para-hydroxylation sites is 2. The minimum absolute atomic E-state index is 0.0151. The number of anilines is 2. The highest BCUT2D eigenvalue weighted by molar-refractivity contribution is 6.30. The number of nitrogens with one attached hydrogen (secondary N) is 1. The summed E-state index contributed by atoms with van der Waals surface area (Å²) in [7, 11) is 0. The lowest BCUT2D eigenvalue weighted by molar-refractivity contribution is -0.135. The first-order valence-corrected chi connectivity index (χ1v) is 11.8. The molecule has 2 aliphatic rings. The summed E-state index contributed by atoms with van der Waals surface area (Å²) in [5, 5.41) is 0. The monoisotopic (exact) mass is 507 g/mol. The maximum atomic E-state index is 12.8. The lowest BCUT2D eigenvalue weighted by Crippen LogP contribution is -2.51. The molecular weight excluding hydrogens is 485 g/mol. The zero-order chi connectivity index (χ0) is 24.2. The molecule has 4 rings (SSSR count). The van der Waals surface area contributed by atoms with Crippen LogP contribution < -0.4 is 29.6 Å². The highest BCUT2D eigenvalue weighted by Crippen LogP contribution is 2.37. The number of halogens is 2. The maximum absolute atomic E-state index is 12.8. The van der Waals surface area contributed by atoms with Crippen LogP contribution in [0.2, 0.25) is 0 Å². The first kappa shape index (κ1) is 24.0. The Labute approximate surface area is 206 Å². The van der Waals surface area contributed by atoms with Crippen LogP contribution in [0.1, 0.15) is 13.3 Å². The molecule has 0 saturated carbocycles. The summed E-state index contributed by atoms with van der Waals surface area (Å²) in [6.45, 7) is 2.35. The lowest BCUT2D eigenvalue weighted by atomic mass is 10.1. The Hall–Kier alpha value is -3.17. The van der Waals surface area contributed by atoms with Crippen LogP contribution in [0.5, 0.6) is 17.2 Å². The summed E-state index contributed by atoms with van der Waals surface area (Å²) in [6, 6.07) is 11.8. The Morgan fingerprint density at radius 2 is 1.65 bits per heavy atom. The fourth-order valence-electron chi connectivity index (χ4n) is 3.77. The average molecular weight is 508 g/mol. The quantitative estimate of drug-likeness (QED) is 0.476. The molecular formula is C23H23Cl2N3O6. The number of hydroxylamine groups is 1. The van der Waals surface area contributed by atoms with Crippen LogP contribution in [0.25, 0.3) is 0 Å². The molecule has 0 radical (unpaired) electrons. The van der Waals surface area contributed by atoms with E-state index in [1.54, 1.807) is 47.4 Å². The number of carbonyl (C=O) groups is 3. The summed E-state index contributed by atoms with van der Waals surface area (Å²) >= 11 is 11.5. The normalized spacial score (nSPS) is 18.7. The third-order valence-corrected chi connectivity index (χ3v) is 5.98. The molecule has 34 heavy (non-hydrogen) atoms. The number of fused-ring (bicyclic) bond motifs is 2. The summed E-state index contributed by atoms with van der Waals surface area (Å²) in [5.41, 5.74) is 3.49. The Balaban J connectivity index is 1.46. The van der Waals surface area contributed by atoms with Crippen molar-refractivity contribution < 1.29 is 28.7 Å². The summed E-state index contributed by atoms with van der Waals surface area (Å²) in [6.07, 6.45) is -0.492. The molecule has 0 bridgehead atoms. The summed E-state index contributed by atoms with van der Waals surface area (Å²) in [5.74, 6) is -0.372. The number of hydrogen-bond acceptors (Lipinski definition) is 6. The second-order valence-electron chi connectivity index (χ2n) is 7.70. The van der Waals surface area contributed by atoms with Gasteiger partial charge in [-0.15, -0.1) is 23.2 Å². The van der Waals surface area contributed by atoms with Gasteiger partial charge < -0.3 is 24.1 Å². The van der Waals surface area contributed by atoms with Crippen molar-refractivity contribution in [3.63, 3.8) is 0 Å². The SMILES string of the molecule is CCC1CN(C(=O)CCl)c2ccc(ONC(=O)C3CN(C(=O)CCl)c4ccccc4O3)cc2O1. The minimum atomic E-state index is -1.00. The number of benzene rings is 2. The molecule has 2 aromatic rings. The van der Waals surface area contributed by atoms with Crippen molar-refractivity contribution >= 4 is 52.3 Å². The number of alkyl halides is 2. The Morgan fingerprint density at radius 1 is 0.971 bits per heavy atom. The standard InChI is InChI=1S/C23H23Cl2N3O6/c1-2-14-12-27(21(29)10-24)17-8-7-15(9-19(17)32-14)34-26-23(31)20-13-28(22(30)11-25)16-5-3-4-6-18(16)33-20/h3-9,14,20H,2,10-13H2,1H3,(H,26,31). The van der Waals surface area contributed by atoms with Crippen molar-refractivity contribution in [3.05, 3.63) is 42.5 Å². The number of hydrogen-bond donors (Lipinski definition) is 1. The van der Waals surface area contributed by atoms with E-state index in [0.29, 0.717) is 41.6 Å². The van der Waals surface area contributed by atoms with Crippen LogP contribution in [0.3, 0.4) is 0 Å². The molecule has 11 heteroatoms. The predicted molar refractivity (Wildman–Crippen MR) is 127 cm³/mol. The molecule has 0 spiro atoms. The van der Waals surface area contributed by atoms with Crippen LogP contribution in [0.4, 0.5) is 11.4 Å². The largest absolute Gasteiger partial charge is 0.486 e. The van der Waals surface area contributed by atoms with E-state index in [-0.39, 0.29) is 36.2 Å². The Morgan fingerprint density at radius 3 is 2.35 bits per heavy atom. The summed E-state index contributed by atoms with van der Waals surface area (Å²) < 4.78 is 11.7. The lowest BCUT2D eigenvalue weighted by Gasteiger charge is -2.34. The fourth-order valence-corrected chi connectivity index (χ4v) is 4.06. The molecule has 2 aromatic carbocycles. The number of rotatable bonds is 6. The van der Waals surface area contributed by atoms with Gasteiger partial charge in [-0.05, 0) is 30.7 Å². The summed E-state index contributed by atoms with van der Waals surface area (Å²) in [4.78, 5) is 45.8. The van der Waals surface area contributed by atoms with Gasteiger partial charge in [0, 0.05) is 6.07 Å². The van der Waals surface area contributed by atoms with Crippen molar-refractivity contribution in [2.45, 2.75) is 25.6 Å². The van der Waals surface area contributed by atoms with E-state index in [9.17, 15) is 14.4 Å². The average Bonchev–Trinajstić information content (AvgIpc) is 2.89. The molecule has 0 aromatic heterocycles. The number of ether oxygens (including phenoxy) is 2. The van der Waals surface area contributed by atoms with E-state index < -0.39 is 12.0 Å². The van der Waals surface area contributed by atoms with E-state index in [1.807, 2.05) is 6.92 Å². The van der Waals surface area contributed by atoms with Gasteiger partial charge in [-0.2, -0.15) is 5.48 Å². The molecule has 3 amide bonds. The number of amides is 3. The van der Waals surface area contributed by atoms with Crippen LogP contribution in [0.15, 0.2) is 42.5 Å². The molecule has 2 heterocycles. The van der Waals surface area contributed by atoms with Crippen molar-refractivity contribution in [2.75, 3.05) is 34.6 Å². The third kappa shape index (κ3) is 4.85. The first-order valence-electron chi connectivity index (χ1n) is 10.7. The molecule has 0 fully saturated rings. The number of carbonyl (C=O) groups excluding carboxylic acids is 3. The van der Waals surface area contributed by atoms with Gasteiger partial charge in [0.25, 0.3) is 5.91 Å². The molecule has 0 aliphatic carbocycles. The minimum Gasteiger partial charge on any atom is -0.486 e. The van der Waals surface area contributed by atoms with Gasteiger partial charge in [0.2, 0.25) is 11.8 Å². The van der Waals surface area contributed by atoms with Crippen molar-refractivity contribution in [1.82, 2.24) is 5.48 Å². The van der Waals surface area contributed by atoms with Crippen LogP contribution >= 0.6 is 23.2 Å². The van der Waals surface area contributed by atoms with Crippen LogP contribution in [-0.2, 0) is 14.4 Å². The molecule has 0 saturated heterocycles. The predicted octanol–water partition coefficient (Wildman–Crippen LogP) is 2.87. The smallest absolute Gasteiger partial charge is 0.295 e. The van der Waals surface area contributed by atoms with Crippen molar-refractivity contribution in [2.24, 2.45) is 0 Å². The van der Waals surface area contributed by atoms with Gasteiger partial charge in [0.15, 0.2) is 11.9 Å². The van der Waals surface area contributed by atoms with E-state index in [4.69, 9.17) is 37.5 Å². The molecule has 2 unspecified atom stereocenters. The van der Waals surface area contributed by atoms with E-state index in [2.05, 4.69) is 5.48 Å². The maximum Gasteiger partial charge on any atom is 0.295 e. The Kier molecular flexibility index (Phi) is 7.33. The highest BCUT2D eigenvalue weighted by atomic mass is 35.5. The van der Waals surface area contributed by atoms with Gasteiger partial charge in [-0.25, -0.2) is 0 Å². The van der Waals surface area contributed by atoms with Gasteiger partial charge in [0.1, 0.15) is 29.4 Å². The number of nitrogens with zero attached hydrogens (tertiary/aromatic N) is 2. The molecule has 2 aliphatic heterocycles. The van der Waals surface area contributed by atoms with E-state index >= 15 is 0 Å². The molecule has 1 N–H and O–H groups in total. The van der Waals surface area contributed by atoms with Gasteiger partial charge in [-0.1, -0.05) is 19.1 Å². The van der Waals surface area contributed by atoms with E-state index in [0.717, 1.165) is 0 Å². The van der Waals surface area contributed by atoms with Crippen LogP contribution in [-0.4, -0.2) is 54.8 Å². The van der Waals surface area contributed by atoms with Gasteiger partial charge >= 0.3 is 0 Å². The molecule has 2 atom stereocenters. The highest BCUT2D eigenvalue weighted by Gasteiger charge is 2.34. The first-order chi connectivity index (χ1) is 16.4.